The largest absolute Gasteiger partial charge is 0.294 e. The molecule has 0 unspecified atom stereocenters. The monoisotopic (exact) mass is 340 g/mol. The predicted octanol–water partition coefficient (Wildman–Crippen LogP) is 5.50. The van der Waals surface area contributed by atoms with Crippen LogP contribution >= 0.6 is 0 Å². The molecular weight excluding hydrogens is 308 g/mol. The average molecular weight is 341 g/mol. The van der Waals surface area contributed by atoms with Crippen LogP contribution in [0.4, 0.5) is 0 Å². The minimum Gasteiger partial charge on any atom is -0.294 e. The molecule has 4 N–H and O–H groups in total. The van der Waals surface area contributed by atoms with Gasteiger partial charge in [0.25, 0.3) is 0 Å². The zero-order chi connectivity index (χ0) is 18.3. The number of nitrogens with two attached hydrogens (primary N) is 2. The molecule has 0 atom stereocenters. The van der Waals surface area contributed by atoms with E-state index in [0.29, 0.717) is 6.42 Å². The smallest absolute Gasteiger partial charge is 0.163 e. The van der Waals surface area contributed by atoms with Crippen LogP contribution in [-0.2, 0) is 0 Å². The highest BCUT2D eigenvalue weighted by Crippen LogP contribution is 2.25. The molecule has 136 valence electrons. The number of unbranched alkanes of at least 4 members (excludes halogenated alkanes) is 6. The highest BCUT2D eigenvalue weighted by Gasteiger charge is 2.11. The predicted molar refractivity (Wildman–Crippen MR) is 107 cm³/mol. The maximum atomic E-state index is 12.6. The van der Waals surface area contributed by atoms with E-state index in [2.05, 4.69) is 30.7 Å². The van der Waals surface area contributed by atoms with Gasteiger partial charge in [0.05, 0.1) is 0 Å². The highest BCUT2D eigenvalue weighted by atomic mass is 16.1. The van der Waals surface area contributed by atoms with Crippen LogP contribution in [-0.4, -0.2) is 5.78 Å². The molecule has 2 rings (SSSR count). The van der Waals surface area contributed by atoms with Gasteiger partial charge in [0, 0.05) is 12.0 Å². The van der Waals surface area contributed by atoms with Gasteiger partial charge in [-0.2, -0.15) is 0 Å². The number of hydrazine groups is 1. The second-order valence-corrected chi connectivity index (χ2v) is 6.21. The van der Waals surface area contributed by atoms with E-state index in [4.69, 9.17) is 0 Å². The Balaban J connectivity index is 0.00000151. The Morgan fingerprint density at radius 3 is 2.00 bits per heavy atom. The molecule has 0 aromatic heterocycles. The van der Waals surface area contributed by atoms with E-state index in [1.807, 2.05) is 42.5 Å². The third-order valence-corrected chi connectivity index (χ3v) is 4.32. The van der Waals surface area contributed by atoms with Gasteiger partial charge < -0.3 is 0 Å². The van der Waals surface area contributed by atoms with Crippen LogP contribution in [0.1, 0.15) is 68.6 Å². The summed E-state index contributed by atoms with van der Waals surface area (Å²) in [4.78, 5) is 12.6. The third-order valence-electron chi connectivity index (χ3n) is 4.32. The summed E-state index contributed by atoms with van der Waals surface area (Å²) < 4.78 is 0. The third kappa shape index (κ3) is 7.63. The van der Waals surface area contributed by atoms with E-state index in [0.717, 1.165) is 23.1 Å². The minimum absolute atomic E-state index is 0.276. The van der Waals surface area contributed by atoms with Crippen molar-refractivity contribution in [3.63, 3.8) is 0 Å². The Morgan fingerprint density at radius 1 is 0.760 bits per heavy atom. The van der Waals surface area contributed by atoms with Crippen LogP contribution in [0.2, 0.25) is 0 Å². The van der Waals surface area contributed by atoms with Crippen molar-refractivity contribution < 1.29 is 4.79 Å². The minimum atomic E-state index is 0.276. The van der Waals surface area contributed by atoms with Crippen molar-refractivity contribution in [3.05, 3.63) is 60.2 Å². The fraction of sp³-hybridized carbons (Fsp3) is 0.409. The summed E-state index contributed by atoms with van der Waals surface area (Å²) in [5.41, 5.74) is 3.04. The van der Waals surface area contributed by atoms with Crippen molar-refractivity contribution in [2.45, 2.75) is 58.3 Å². The summed E-state index contributed by atoms with van der Waals surface area (Å²) in [6, 6.07) is 18.2. The van der Waals surface area contributed by atoms with Crippen molar-refractivity contribution >= 4 is 5.78 Å². The van der Waals surface area contributed by atoms with E-state index >= 15 is 0 Å². The Labute approximate surface area is 152 Å². The number of carbonyl (C=O) groups excluding carboxylic acids is 1. The molecule has 3 nitrogen and oxygen atoms in total. The fourth-order valence-electron chi connectivity index (χ4n) is 2.97. The van der Waals surface area contributed by atoms with E-state index in [9.17, 15) is 4.79 Å². The van der Waals surface area contributed by atoms with E-state index in [1.54, 1.807) is 0 Å². The average Bonchev–Trinajstić information content (AvgIpc) is 2.69. The van der Waals surface area contributed by atoms with Gasteiger partial charge in [0.2, 0.25) is 0 Å². The summed E-state index contributed by atoms with van der Waals surface area (Å²) in [6.45, 7) is 2.24. The van der Waals surface area contributed by atoms with E-state index in [-0.39, 0.29) is 5.78 Å². The number of benzene rings is 2. The van der Waals surface area contributed by atoms with Crippen LogP contribution in [0.3, 0.4) is 0 Å². The van der Waals surface area contributed by atoms with Crippen molar-refractivity contribution in [2.75, 3.05) is 0 Å². The second-order valence-electron chi connectivity index (χ2n) is 6.21. The summed E-state index contributed by atoms with van der Waals surface area (Å²) in [5, 5.41) is 0. The number of carbonyl (C=O) groups is 1. The Kier molecular flexibility index (Phi) is 11.2. The number of Topliss-reactive ketones (excluding diaryl/α,β-unsaturated/α-hetero) is 1. The van der Waals surface area contributed by atoms with Gasteiger partial charge in [-0.05, 0) is 17.5 Å². The molecule has 0 fully saturated rings. The normalized spacial score (nSPS) is 10.0. The molecule has 0 saturated heterocycles. The highest BCUT2D eigenvalue weighted by molar-refractivity contribution is 6.02. The van der Waals surface area contributed by atoms with Crippen molar-refractivity contribution in [2.24, 2.45) is 11.7 Å². The lowest BCUT2D eigenvalue weighted by Gasteiger charge is -2.09. The Bertz CT molecular complexity index is 596. The fourth-order valence-corrected chi connectivity index (χ4v) is 2.97. The van der Waals surface area contributed by atoms with Gasteiger partial charge in [-0.15, -0.1) is 0 Å². The van der Waals surface area contributed by atoms with Crippen molar-refractivity contribution in [1.29, 1.82) is 0 Å². The summed E-state index contributed by atoms with van der Waals surface area (Å²) >= 11 is 0. The van der Waals surface area contributed by atoms with Gasteiger partial charge in [-0.25, -0.2) is 0 Å². The van der Waals surface area contributed by atoms with Crippen LogP contribution in [0.25, 0.3) is 11.1 Å². The first-order chi connectivity index (χ1) is 12.3. The Morgan fingerprint density at radius 2 is 1.32 bits per heavy atom. The molecule has 0 aliphatic carbocycles. The number of ketones is 1. The lowest BCUT2D eigenvalue weighted by Crippen LogP contribution is -2.02. The summed E-state index contributed by atoms with van der Waals surface area (Å²) in [7, 11) is 0. The van der Waals surface area contributed by atoms with E-state index in [1.165, 1.54) is 38.5 Å². The zero-order valence-electron chi connectivity index (χ0n) is 15.4. The second kappa shape index (κ2) is 13.3. The lowest BCUT2D eigenvalue weighted by molar-refractivity contribution is 0.0979. The lowest BCUT2D eigenvalue weighted by atomic mass is 9.94. The van der Waals surface area contributed by atoms with Crippen molar-refractivity contribution in [3.8, 4) is 11.1 Å². The molecule has 25 heavy (non-hydrogen) atoms. The molecular formula is C22H32N2O. The molecule has 0 amide bonds. The summed E-state index contributed by atoms with van der Waals surface area (Å²) in [6.07, 6.45) is 9.37. The maximum Gasteiger partial charge on any atom is 0.163 e. The maximum absolute atomic E-state index is 12.6. The molecule has 0 bridgehead atoms. The molecule has 0 aliphatic rings. The van der Waals surface area contributed by atoms with Crippen LogP contribution in [0.15, 0.2) is 54.6 Å². The van der Waals surface area contributed by atoms with Gasteiger partial charge in [-0.3, -0.25) is 16.5 Å². The molecule has 2 aromatic rings. The molecule has 0 radical (unpaired) electrons. The SMILES string of the molecule is CCCCCCCCCC(=O)c1ccccc1-c1ccccc1.NN. The van der Waals surface area contributed by atoms with Crippen molar-refractivity contribution in [1.82, 2.24) is 0 Å². The van der Waals surface area contributed by atoms with Crippen LogP contribution in [0.5, 0.6) is 0 Å². The number of hydrogen-bond donors (Lipinski definition) is 2. The Hall–Kier alpha value is -1.97. The molecule has 3 heteroatoms. The molecule has 2 aromatic carbocycles. The molecule has 0 heterocycles. The van der Waals surface area contributed by atoms with Crippen LogP contribution < -0.4 is 11.7 Å². The number of rotatable bonds is 10. The number of hydrogen-bond acceptors (Lipinski definition) is 3. The molecule has 0 saturated carbocycles. The first-order valence-corrected chi connectivity index (χ1v) is 9.34. The zero-order valence-corrected chi connectivity index (χ0v) is 15.4. The standard InChI is InChI=1S/C22H28O.H4N2/c1-2-3-4-5-6-7-11-18-22(23)21-17-13-12-16-20(21)19-14-9-8-10-15-19;1-2/h8-10,12-17H,2-7,11,18H2,1H3;1-2H2. The topological polar surface area (TPSA) is 69.1 Å². The van der Waals surface area contributed by atoms with Crippen LogP contribution in [0, 0.1) is 0 Å². The summed E-state index contributed by atoms with van der Waals surface area (Å²) in [5.74, 6) is 8.28. The van der Waals surface area contributed by atoms with Gasteiger partial charge in [0.1, 0.15) is 0 Å². The van der Waals surface area contributed by atoms with Gasteiger partial charge in [0.15, 0.2) is 5.78 Å². The first kappa shape index (κ1) is 21.1. The van der Waals surface area contributed by atoms with Gasteiger partial charge >= 0.3 is 0 Å². The quantitative estimate of drug-likeness (QED) is 0.260. The van der Waals surface area contributed by atoms with E-state index < -0.39 is 0 Å². The van der Waals surface area contributed by atoms with Gasteiger partial charge in [-0.1, -0.05) is 100 Å². The molecule has 0 aliphatic heterocycles. The molecule has 0 spiro atoms. The first-order valence-electron chi connectivity index (χ1n) is 9.34.